The molecule has 8 heteroatoms. The molecule has 0 saturated carbocycles. The number of amides is 4. The Kier molecular flexibility index (Phi) is 4.89. The Bertz CT molecular complexity index is 884. The molecular weight excluding hydrogens is 356 g/mol. The first-order valence-electron chi connectivity index (χ1n) is 8.26. The van der Waals surface area contributed by atoms with Crippen molar-refractivity contribution in [3.8, 4) is 0 Å². The molecule has 0 radical (unpaired) electrons. The van der Waals surface area contributed by atoms with Crippen molar-refractivity contribution in [3.63, 3.8) is 0 Å². The minimum Gasteiger partial charge on any atom is -0.322 e. The third kappa shape index (κ3) is 3.94. The van der Waals surface area contributed by atoms with Gasteiger partial charge in [-0.2, -0.15) is 5.01 Å². The van der Waals surface area contributed by atoms with Crippen molar-refractivity contribution in [2.75, 3.05) is 0 Å². The Morgan fingerprint density at radius 3 is 2.37 bits per heavy atom. The van der Waals surface area contributed by atoms with Crippen LogP contribution in [0.1, 0.15) is 29.3 Å². The number of rotatable bonds is 5. The van der Waals surface area contributed by atoms with Crippen molar-refractivity contribution in [3.05, 3.63) is 71.3 Å². The predicted octanol–water partition coefficient (Wildman–Crippen LogP) is 2.55. The molecule has 0 unspecified atom stereocenters. The lowest BCUT2D eigenvalue weighted by Gasteiger charge is -2.21. The van der Waals surface area contributed by atoms with E-state index in [1.165, 1.54) is 0 Å². The largest absolute Gasteiger partial charge is 0.344 e. The molecule has 4 amide bonds. The number of hydrogen-bond acceptors (Lipinski definition) is 3. The maximum Gasteiger partial charge on any atom is 0.344 e. The van der Waals surface area contributed by atoms with Gasteiger partial charge in [-0.3, -0.25) is 15.0 Å². The zero-order chi connectivity index (χ0) is 19.6. The molecule has 1 heterocycles. The fraction of sp³-hybridized carbons (Fsp3) is 0.211. The molecule has 1 fully saturated rings. The molecule has 1 aliphatic rings. The lowest BCUT2D eigenvalue weighted by molar-refractivity contribution is -0.132. The Morgan fingerprint density at radius 2 is 1.74 bits per heavy atom. The summed E-state index contributed by atoms with van der Waals surface area (Å²) in [6.45, 7) is 1.56. The highest BCUT2D eigenvalue weighted by Crippen LogP contribution is 2.22. The van der Waals surface area contributed by atoms with Gasteiger partial charge in [-0.05, 0) is 37.5 Å². The van der Waals surface area contributed by atoms with Crippen molar-refractivity contribution >= 4 is 17.8 Å². The van der Waals surface area contributed by atoms with Gasteiger partial charge in [0.1, 0.15) is 17.2 Å². The third-order valence-electron chi connectivity index (χ3n) is 4.36. The number of hydrazine groups is 1. The summed E-state index contributed by atoms with van der Waals surface area (Å²) >= 11 is 0. The topological polar surface area (TPSA) is 78.5 Å². The molecule has 0 spiro atoms. The summed E-state index contributed by atoms with van der Waals surface area (Å²) < 4.78 is 26.5. The molecule has 1 aliphatic heterocycles. The normalized spacial score (nSPS) is 19.1. The van der Waals surface area contributed by atoms with E-state index < -0.39 is 35.0 Å². The second kappa shape index (κ2) is 7.14. The van der Waals surface area contributed by atoms with Gasteiger partial charge in [0.15, 0.2) is 0 Å². The van der Waals surface area contributed by atoms with E-state index in [4.69, 9.17) is 0 Å². The van der Waals surface area contributed by atoms with Crippen LogP contribution in [0.15, 0.2) is 48.5 Å². The highest BCUT2D eigenvalue weighted by Gasteiger charge is 2.48. The van der Waals surface area contributed by atoms with E-state index in [-0.39, 0.29) is 5.56 Å². The smallest absolute Gasteiger partial charge is 0.322 e. The Hall–Kier alpha value is -3.29. The van der Waals surface area contributed by atoms with Gasteiger partial charge in [0.25, 0.3) is 11.8 Å². The van der Waals surface area contributed by atoms with E-state index in [9.17, 15) is 23.2 Å². The number of imide groups is 1. The number of hydrogen-bond donors (Lipinski definition) is 2. The van der Waals surface area contributed by atoms with Crippen LogP contribution in [-0.4, -0.2) is 28.4 Å². The van der Waals surface area contributed by atoms with Crippen molar-refractivity contribution in [2.45, 2.75) is 25.3 Å². The number of carbonyl (C=O) groups is 3. The molecule has 3 rings (SSSR count). The van der Waals surface area contributed by atoms with Crippen LogP contribution in [0.5, 0.6) is 0 Å². The fourth-order valence-electron chi connectivity index (χ4n) is 2.85. The number of halogens is 2. The van der Waals surface area contributed by atoms with Crippen LogP contribution in [0.25, 0.3) is 0 Å². The minimum absolute atomic E-state index is 0.322. The summed E-state index contributed by atoms with van der Waals surface area (Å²) in [6, 6.07) is 10.9. The summed E-state index contributed by atoms with van der Waals surface area (Å²) in [6.07, 6.45) is 0.864. The van der Waals surface area contributed by atoms with Gasteiger partial charge in [0.05, 0.1) is 0 Å². The molecule has 0 bridgehead atoms. The summed E-state index contributed by atoms with van der Waals surface area (Å²) in [4.78, 5) is 37.0. The van der Waals surface area contributed by atoms with E-state index in [0.29, 0.717) is 23.9 Å². The van der Waals surface area contributed by atoms with Gasteiger partial charge in [-0.25, -0.2) is 13.6 Å². The molecule has 1 atom stereocenters. The summed E-state index contributed by atoms with van der Waals surface area (Å²) in [7, 11) is 0. The van der Waals surface area contributed by atoms with Gasteiger partial charge in [0, 0.05) is 11.6 Å². The van der Waals surface area contributed by atoms with Crippen LogP contribution in [0.4, 0.5) is 13.6 Å². The van der Waals surface area contributed by atoms with Gasteiger partial charge in [-0.1, -0.05) is 30.3 Å². The van der Waals surface area contributed by atoms with Crippen LogP contribution >= 0.6 is 0 Å². The number of urea groups is 1. The number of carbonyl (C=O) groups excluding carboxylic acids is 3. The first kappa shape index (κ1) is 18.5. The molecule has 2 aromatic carbocycles. The van der Waals surface area contributed by atoms with Crippen LogP contribution in [0.3, 0.4) is 0 Å². The molecule has 27 heavy (non-hydrogen) atoms. The van der Waals surface area contributed by atoms with E-state index in [1.807, 2.05) is 30.3 Å². The zero-order valence-electron chi connectivity index (χ0n) is 14.5. The van der Waals surface area contributed by atoms with Crippen LogP contribution in [-0.2, 0) is 11.2 Å². The SMILES string of the molecule is C[C@@]1(CCc2ccccc2)NC(=O)N(NC(=O)c2cc(F)cc(F)c2)C1=O. The highest BCUT2D eigenvalue weighted by molar-refractivity contribution is 6.09. The lowest BCUT2D eigenvalue weighted by atomic mass is 9.93. The maximum absolute atomic E-state index is 13.3. The Balaban J connectivity index is 1.70. The second-order valence-corrected chi connectivity index (χ2v) is 6.49. The average Bonchev–Trinajstić information content (AvgIpc) is 2.83. The van der Waals surface area contributed by atoms with Crippen molar-refractivity contribution in [2.24, 2.45) is 0 Å². The zero-order valence-corrected chi connectivity index (χ0v) is 14.5. The average molecular weight is 373 g/mol. The molecule has 140 valence electrons. The van der Waals surface area contributed by atoms with E-state index >= 15 is 0 Å². The summed E-state index contributed by atoms with van der Waals surface area (Å²) in [5.41, 5.74) is 1.56. The van der Waals surface area contributed by atoms with Gasteiger partial charge < -0.3 is 5.32 Å². The Morgan fingerprint density at radius 1 is 1.11 bits per heavy atom. The quantitative estimate of drug-likeness (QED) is 0.791. The van der Waals surface area contributed by atoms with Crippen LogP contribution in [0.2, 0.25) is 0 Å². The lowest BCUT2D eigenvalue weighted by Crippen LogP contribution is -2.49. The number of aryl methyl sites for hydroxylation is 1. The first-order valence-corrected chi connectivity index (χ1v) is 8.26. The number of benzene rings is 2. The van der Waals surface area contributed by atoms with Gasteiger partial charge in [0.2, 0.25) is 0 Å². The molecular formula is C19H17F2N3O3. The monoisotopic (exact) mass is 373 g/mol. The maximum atomic E-state index is 13.3. The number of nitrogens with one attached hydrogen (secondary N) is 2. The van der Waals surface area contributed by atoms with Gasteiger partial charge >= 0.3 is 6.03 Å². The van der Waals surface area contributed by atoms with Crippen LogP contribution in [0, 0.1) is 11.6 Å². The highest BCUT2D eigenvalue weighted by atomic mass is 19.1. The fourth-order valence-corrected chi connectivity index (χ4v) is 2.85. The van der Waals surface area contributed by atoms with E-state index in [2.05, 4.69) is 10.7 Å². The molecule has 6 nitrogen and oxygen atoms in total. The molecule has 1 saturated heterocycles. The van der Waals surface area contributed by atoms with Crippen molar-refractivity contribution in [1.82, 2.24) is 15.8 Å². The van der Waals surface area contributed by atoms with Crippen molar-refractivity contribution in [1.29, 1.82) is 0 Å². The molecule has 0 aromatic heterocycles. The minimum atomic E-state index is -1.20. The summed E-state index contributed by atoms with van der Waals surface area (Å²) in [5.74, 6) is -3.49. The summed E-state index contributed by atoms with van der Waals surface area (Å²) in [5, 5.41) is 3.09. The Labute approximate surface area is 154 Å². The standard InChI is InChI=1S/C19H17F2N3O3/c1-19(8-7-12-5-3-2-4-6-12)17(26)24(18(27)22-19)23-16(25)13-9-14(20)11-15(21)10-13/h2-6,9-11H,7-8H2,1H3,(H,22,27)(H,23,25)/t19-/m0/s1. The van der Waals surface area contributed by atoms with E-state index in [1.54, 1.807) is 6.92 Å². The van der Waals surface area contributed by atoms with Gasteiger partial charge in [-0.15, -0.1) is 0 Å². The van der Waals surface area contributed by atoms with Crippen LogP contribution < -0.4 is 10.7 Å². The number of nitrogens with zero attached hydrogens (tertiary/aromatic N) is 1. The molecule has 2 N–H and O–H groups in total. The predicted molar refractivity (Wildman–Crippen MR) is 92.4 cm³/mol. The molecule has 0 aliphatic carbocycles. The third-order valence-corrected chi connectivity index (χ3v) is 4.36. The molecule has 2 aromatic rings. The van der Waals surface area contributed by atoms with Crippen molar-refractivity contribution < 1.29 is 23.2 Å². The van der Waals surface area contributed by atoms with E-state index in [0.717, 1.165) is 17.7 Å². The second-order valence-electron chi connectivity index (χ2n) is 6.49. The first-order chi connectivity index (χ1) is 12.8.